The third-order valence-corrected chi connectivity index (χ3v) is 8.58. The topological polar surface area (TPSA) is 44.8 Å². The number of carbonyl (C=O) groups is 1. The highest BCUT2D eigenvalue weighted by Crippen LogP contribution is 2.51. The smallest absolute Gasteiger partial charge is 0.226 e. The Morgan fingerprint density at radius 2 is 1.77 bits per heavy atom. The van der Waals surface area contributed by atoms with Crippen LogP contribution < -0.4 is 10.1 Å². The van der Waals surface area contributed by atoms with E-state index in [0.29, 0.717) is 47.6 Å². The molecule has 31 heavy (non-hydrogen) atoms. The Morgan fingerprint density at radius 1 is 1.03 bits per heavy atom. The van der Waals surface area contributed by atoms with Crippen LogP contribution in [-0.2, 0) is 4.79 Å². The molecule has 0 spiro atoms. The molecule has 7 heteroatoms. The van der Waals surface area contributed by atoms with Crippen molar-refractivity contribution in [2.45, 2.75) is 37.8 Å². The number of likely N-dealkylation sites (tertiary alicyclic amines) is 1. The Morgan fingerprint density at radius 3 is 2.48 bits per heavy atom. The molecule has 2 bridgehead atoms. The van der Waals surface area contributed by atoms with Gasteiger partial charge in [-0.2, -0.15) is 0 Å². The van der Waals surface area contributed by atoms with Crippen molar-refractivity contribution >= 4 is 30.7 Å². The number of rotatable bonds is 3. The Bertz CT molecular complexity index is 782. The molecule has 5 fully saturated rings. The number of benzene rings is 1. The van der Waals surface area contributed by atoms with Crippen LogP contribution in [0.3, 0.4) is 0 Å². The van der Waals surface area contributed by atoms with Gasteiger partial charge < -0.3 is 15.0 Å². The lowest BCUT2D eigenvalue weighted by molar-refractivity contribution is -0.141. The Kier molecular flexibility index (Phi) is 6.79. The van der Waals surface area contributed by atoms with Crippen LogP contribution in [0.4, 0.5) is 0 Å². The predicted molar refractivity (Wildman–Crippen MR) is 126 cm³/mol. The van der Waals surface area contributed by atoms with Gasteiger partial charge in [0.1, 0.15) is 5.75 Å². The van der Waals surface area contributed by atoms with Crippen LogP contribution in [0.2, 0.25) is 0 Å². The highest BCUT2D eigenvalue weighted by atomic mass is 35.5. The van der Waals surface area contributed by atoms with E-state index in [2.05, 4.69) is 39.4 Å². The normalized spacial score (nSPS) is 38.2. The lowest BCUT2D eigenvalue weighted by atomic mass is 9.73. The maximum absolute atomic E-state index is 13.2. The molecule has 1 aromatic rings. The Balaban J connectivity index is 0.00000116. The molecule has 1 aliphatic carbocycles. The maximum atomic E-state index is 13.2. The average Bonchev–Trinajstić information content (AvgIpc) is 3.23. The summed E-state index contributed by atoms with van der Waals surface area (Å²) < 4.78 is 5.35. The van der Waals surface area contributed by atoms with Crippen LogP contribution in [-0.4, -0.2) is 61.6 Å². The molecule has 5 aliphatic rings. The molecule has 1 N–H and O–H groups in total. The maximum Gasteiger partial charge on any atom is 0.226 e. The third kappa shape index (κ3) is 3.96. The first-order chi connectivity index (χ1) is 14.2. The lowest BCUT2D eigenvalue weighted by Gasteiger charge is -2.55. The molecule has 1 amide bonds. The van der Waals surface area contributed by atoms with E-state index < -0.39 is 0 Å². The van der Waals surface area contributed by atoms with Crippen molar-refractivity contribution in [1.29, 1.82) is 0 Å². The Labute approximate surface area is 198 Å². The molecule has 6 rings (SSSR count). The van der Waals surface area contributed by atoms with Crippen LogP contribution in [0.5, 0.6) is 5.75 Å². The van der Waals surface area contributed by atoms with Crippen molar-refractivity contribution in [3.63, 3.8) is 0 Å². The Hall–Kier alpha value is -1.01. The standard InChI is InChI=1S/C24H33N3O2.2ClH/c1-29-18-7-5-16(6-8-18)21-3-2-4-22-17-9-15(13-27(21)22)12-26(14-17)24(28)23-19-10-25-11-20(19)23;;/h5-8,15,17,19-23,25H,2-4,9-14H2,1H3;2*1H/t15-,17+,19-,20+,21+,22-,23?;;/m0../s1. The second-order valence-corrected chi connectivity index (χ2v) is 10.1. The van der Waals surface area contributed by atoms with Crippen molar-refractivity contribution in [2.24, 2.45) is 29.6 Å². The summed E-state index contributed by atoms with van der Waals surface area (Å²) in [6.45, 7) is 5.25. The van der Waals surface area contributed by atoms with E-state index in [4.69, 9.17) is 4.74 Å². The van der Waals surface area contributed by atoms with Crippen molar-refractivity contribution in [3.8, 4) is 5.75 Å². The van der Waals surface area contributed by atoms with Crippen molar-refractivity contribution in [3.05, 3.63) is 29.8 Å². The van der Waals surface area contributed by atoms with Gasteiger partial charge in [-0.15, -0.1) is 24.8 Å². The van der Waals surface area contributed by atoms with Crippen molar-refractivity contribution < 1.29 is 9.53 Å². The van der Waals surface area contributed by atoms with Gasteiger partial charge in [-0.1, -0.05) is 12.1 Å². The van der Waals surface area contributed by atoms with Crippen LogP contribution >= 0.6 is 24.8 Å². The molecule has 172 valence electrons. The second-order valence-electron chi connectivity index (χ2n) is 10.1. The SMILES string of the molecule is COc1ccc([C@H]2CCC[C@H]3[C@@H]4C[C@@H](CN(C(=O)C5[C@H]6CNC[C@@H]56)C4)CN23)cc1.Cl.Cl. The molecule has 1 saturated carbocycles. The van der Waals surface area contributed by atoms with Gasteiger partial charge in [0.15, 0.2) is 0 Å². The number of amides is 1. The molecule has 1 aromatic carbocycles. The number of methoxy groups -OCH3 is 1. The molecule has 0 aromatic heterocycles. The van der Waals surface area contributed by atoms with E-state index in [1.807, 2.05) is 0 Å². The van der Waals surface area contributed by atoms with Crippen molar-refractivity contribution in [1.82, 2.24) is 15.1 Å². The molecular weight excluding hydrogens is 433 g/mol. The largest absolute Gasteiger partial charge is 0.497 e. The van der Waals surface area contributed by atoms with E-state index in [9.17, 15) is 4.79 Å². The number of halogens is 2. The summed E-state index contributed by atoms with van der Waals surface area (Å²) in [6, 6.07) is 9.89. The molecule has 7 atom stereocenters. The number of carbonyl (C=O) groups excluding carboxylic acids is 1. The minimum atomic E-state index is 0. The zero-order valence-electron chi connectivity index (χ0n) is 18.2. The van der Waals surface area contributed by atoms with Gasteiger partial charge in [0, 0.05) is 37.6 Å². The van der Waals surface area contributed by atoms with E-state index in [1.54, 1.807) is 7.11 Å². The number of piperidine rings is 4. The molecule has 4 aliphatic heterocycles. The first-order valence-electron chi connectivity index (χ1n) is 11.6. The number of nitrogens with one attached hydrogen (secondary N) is 1. The molecule has 4 heterocycles. The average molecular weight is 468 g/mol. The zero-order valence-corrected chi connectivity index (χ0v) is 19.9. The van der Waals surface area contributed by atoms with Gasteiger partial charge >= 0.3 is 0 Å². The lowest BCUT2D eigenvalue weighted by Crippen LogP contribution is -2.60. The molecule has 4 saturated heterocycles. The number of ether oxygens (including phenoxy) is 1. The first-order valence-corrected chi connectivity index (χ1v) is 11.6. The van der Waals surface area contributed by atoms with Gasteiger partial charge in [0.25, 0.3) is 0 Å². The second kappa shape index (κ2) is 9.09. The fourth-order valence-corrected chi connectivity index (χ4v) is 7.17. The summed E-state index contributed by atoms with van der Waals surface area (Å²) in [5.74, 6) is 4.32. The number of hydrogen-bond acceptors (Lipinski definition) is 4. The third-order valence-electron chi connectivity index (χ3n) is 8.58. The molecular formula is C24H35Cl2N3O2. The summed E-state index contributed by atoms with van der Waals surface area (Å²) in [4.78, 5) is 18.3. The van der Waals surface area contributed by atoms with E-state index in [1.165, 1.54) is 31.2 Å². The van der Waals surface area contributed by atoms with Gasteiger partial charge in [-0.3, -0.25) is 9.69 Å². The van der Waals surface area contributed by atoms with Crippen LogP contribution in [0.1, 0.15) is 37.3 Å². The number of fused-ring (bicyclic) bond motifs is 5. The number of hydrogen-bond donors (Lipinski definition) is 1. The molecule has 1 unspecified atom stereocenters. The zero-order chi connectivity index (χ0) is 19.5. The van der Waals surface area contributed by atoms with Gasteiger partial charge in [0.05, 0.1) is 7.11 Å². The van der Waals surface area contributed by atoms with E-state index in [-0.39, 0.29) is 24.8 Å². The summed E-state index contributed by atoms with van der Waals surface area (Å²) in [5, 5.41) is 3.43. The molecule has 0 radical (unpaired) electrons. The van der Waals surface area contributed by atoms with E-state index in [0.717, 1.165) is 38.5 Å². The quantitative estimate of drug-likeness (QED) is 0.739. The highest BCUT2D eigenvalue weighted by molar-refractivity contribution is 5.85. The number of nitrogens with zero attached hydrogens (tertiary/aromatic N) is 2. The molecule has 5 nitrogen and oxygen atoms in total. The van der Waals surface area contributed by atoms with Gasteiger partial charge in [0.2, 0.25) is 5.91 Å². The van der Waals surface area contributed by atoms with Crippen LogP contribution in [0.25, 0.3) is 0 Å². The fraction of sp³-hybridized carbons (Fsp3) is 0.708. The minimum absolute atomic E-state index is 0. The van der Waals surface area contributed by atoms with E-state index >= 15 is 0 Å². The predicted octanol–water partition coefficient (Wildman–Crippen LogP) is 3.38. The first kappa shape index (κ1) is 23.2. The summed E-state index contributed by atoms with van der Waals surface area (Å²) in [6.07, 6.45) is 5.17. The summed E-state index contributed by atoms with van der Waals surface area (Å²) in [7, 11) is 1.73. The van der Waals surface area contributed by atoms with Crippen LogP contribution in [0.15, 0.2) is 24.3 Å². The van der Waals surface area contributed by atoms with Gasteiger partial charge in [-0.25, -0.2) is 0 Å². The summed E-state index contributed by atoms with van der Waals surface area (Å²) in [5.41, 5.74) is 1.43. The highest BCUT2D eigenvalue weighted by Gasteiger charge is 2.58. The monoisotopic (exact) mass is 467 g/mol. The van der Waals surface area contributed by atoms with Gasteiger partial charge in [-0.05, 0) is 80.1 Å². The minimum Gasteiger partial charge on any atom is -0.497 e. The van der Waals surface area contributed by atoms with Crippen molar-refractivity contribution in [2.75, 3.05) is 39.8 Å². The fourth-order valence-electron chi connectivity index (χ4n) is 7.17. The van der Waals surface area contributed by atoms with Crippen LogP contribution in [0, 0.1) is 29.6 Å². The summed E-state index contributed by atoms with van der Waals surface area (Å²) >= 11 is 0.